The van der Waals surface area contributed by atoms with Crippen molar-refractivity contribution in [3.63, 3.8) is 0 Å². The third kappa shape index (κ3) is 4.42. The molecule has 0 bridgehead atoms. The van der Waals surface area contributed by atoms with E-state index in [1.165, 1.54) is 67.0 Å². The van der Waals surface area contributed by atoms with E-state index in [9.17, 15) is 0 Å². The Morgan fingerprint density at radius 1 is 0.537 bits per heavy atom. The number of anilines is 5. The first kappa shape index (κ1) is 31.0. The molecule has 0 N–H and O–H groups in total. The molecule has 2 atom stereocenters. The van der Waals surface area contributed by atoms with Crippen molar-refractivity contribution in [1.29, 1.82) is 0 Å². The minimum atomic E-state index is -0.236. The van der Waals surface area contributed by atoms with Gasteiger partial charge in [0.15, 0.2) is 0 Å². The van der Waals surface area contributed by atoms with Gasteiger partial charge in [0.2, 0.25) is 0 Å². The zero-order valence-corrected chi connectivity index (χ0v) is 30.4. The van der Waals surface area contributed by atoms with Crippen LogP contribution in [0.2, 0.25) is 0 Å². The van der Waals surface area contributed by atoms with E-state index in [-0.39, 0.29) is 17.4 Å². The van der Waals surface area contributed by atoms with Crippen molar-refractivity contribution in [2.75, 3.05) is 9.80 Å². The van der Waals surface area contributed by atoms with Gasteiger partial charge >= 0.3 is 0 Å². The number of fused-ring (bicyclic) bond motifs is 9. The first-order valence-corrected chi connectivity index (χ1v) is 19.0. The van der Waals surface area contributed by atoms with Crippen molar-refractivity contribution in [3.8, 4) is 16.8 Å². The van der Waals surface area contributed by atoms with E-state index in [0.717, 1.165) is 17.1 Å². The van der Waals surface area contributed by atoms with Crippen LogP contribution in [0.1, 0.15) is 42.1 Å². The van der Waals surface area contributed by atoms with Crippen LogP contribution in [0, 0.1) is 0 Å². The average Bonchev–Trinajstić information content (AvgIpc) is 3.75. The highest BCUT2D eigenvalue weighted by Gasteiger charge is 2.54. The van der Waals surface area contributed by atoms with Crippen molar-refractivity contribution >= 4 is 45.4 Å². The van der Waals surface area contributed by atoms with Gasteiger partial charge in [0, 0.05) is 56.2 Å². The summed E-state index contributed by atoms with van der Waals surface area (Å²) in [5.41, 5.74) is 17.6. The fourth-order valence-electron chi connectivity index (χ4n) is 9.71. The van der Waals surface area contributed by atoms with Crippen LogP contribution in [0.25, 0.3) is 33.8 Å². The Labute approximate surface area is 316 Å². The second kappa shape index (κ2) is 11.7. The number of hydrogen-bond donors (Lipinski definition) is 0. The van der Waals surface area contributed by atoms with Crippen LogP contribution in [0.5, 0.6) is 0 Å². The fourth-order valence-corrected chi connectivity index (χ4v) is 9.71. The lowest BCUT2D eigenvalue weighted by atomic mass is 9.65. The van der Waals surface area contributed by atoms with Gasteiger partial charge in [-0.3, -0.25) is 0 Å². The molecule has 7 aromatic carbocycles. The van der Waals surface area contributed by atoms with E-state index < -0.39 is 0 Å². The molecule has 3 nitrogen and oxygen atoms in total. The molecule has 0 spiro atoms. The van der Waals surface area contributed by atoms with E-state index in [2.05, 4.69) is 216 Å². The minimum absolute atomic E-state index is 0.172. The molecule has 0 amide bonds. The molecule has 3 heterocycles. The second-order valence-corrected chi connectivity index (χ2v) is 15.3. The van der Waals surface area contributed by atoms with Gasteiger partial charge in [-0.05, 0) is 94.6 Å². The van der Waals surface area contributed by atoms with Gasteiger partial charge in [-0.1, -0.05) is 135 Å². The summed E-state index contributed by atoms with van der Waals surface area (Å²) >= 11 is 0. The Morgan fingerprint density at radius 3 is 1.93 bits per heavy atom. The molecule has 258 valence electrons. The molecule has 1 aliphatic carbocycles. The van der Waals surface area contributed by atoms with Gasteiger partial charge in [0.1, 0.15) is 0 Å². The first-order valence-electron chi connectivity index (χ1n) is 19.0. The Balaban J connectivity index is 1.12. The SMILES string of the molecule is CC1(C)C2=Cc3c(n(-c4ccccc4)c4ccccc34)C3c4ccccc4N(c4ccc(N(c5ccccc5)c5ccc(-c6ccccc6)cc5)cc41)C23. The quantitative estimate of drug-likeness (QED) is 0.178. The largest absolute Gasteiger partial charge is 0.333 e. The van der Waals surface area contributed by atoms with Gasteiger partial charge in [-0.25, -0.2) is 0 Å². The van der Waals surface area contributed by atoms with Crippen LogP contribution in [-0.4, -0.2) is 10.6 Å². The maximum atomic E-state index is 2.66. The summed E-state index contributed by atoms with van der Waals surface area (Å²) in [5, 5.41) is 1.31. The third-order valence-corrected chi connectivity index (χ3v) is 12.1. The number of aromatic nitrogens is 1. The molecule has 2 unspecified atom stereocenters. The van der Waals surface area contributed by atoms with Crippen molar-refractivity contribution in [1.82, 2.24) is 4.57 Å². The van der Waals surface area contributed by atoms with Crippen molar-refractivity contribution < 1.29 is 0 Å². The maximum absolute atomic E-state index is 2.66. The zero-order chi connectivity index (χ0) is 36.0. The monoisotopic (exact) mass is 693 g/mol. The number of para-hydroxylation sites is 4. The third-order valence-electron chi connectivity index (χ3n) is 12.1. The second-order valence-electron chi connectivity index (χ2n) is 15.3. The van der Waals surface area contributed by atoms with Crippen molar-refractivity contribution in [2.24, 2.45) is 0 Å². The molecule has 0 radical (unpaired) electrons. The van der Waals surface area contributed by atoms with Crippen molar-refractivity contribution in [3.05, 3.63) is 210 Å². The first-order chi connectivity index (χ1) is 26.6. The normalized spacial score (nSPS) is 17.3. The fraction of sp³-hybridized carbons (Fsp3) is 0.0980. The molecule has 0 saturated heterocycles. The summed E-state index contributed by atoms with van der Waals surface area (Å²) in [6.07, 6.45) is 2.56. The average molecular weight is 694 g/mol. The topological polar surface area (TPSA) is 11.4 Å². The number of rotatable bonds is 5. The molecule has 8 aromatic rings. The Kier molecular flexibility index (Phi) is 6.72. The smallest absolute Gasteiger partial charge is 0.0688 e. The lowest BCUT2D eigenvalue weighted by molar-refractivity contribution is 0.508. The highest BCUT2D eigenvalue weighted by molar-refractivity contribution is 5.98. The highest BCUT2D eigenvalue weighted by Crippen LogP contribution is 2.62. The van der Waals surface area contributed by atoms with Crippen LogP contribution in [0.3, 0.4) is 0 Å². The summed E-state index contributed by atoms with van der Waals surface area (Å²) in [4.78, 5) is 5.06. The summed E-state index contributed by atoms with van der Waals surface area (Å²) in [6.45, 7) is 4.89. The Morgan fingerprint density at radius 2 is 1.15 bits per heavy atom. The van der Waals surface area contributed by atoms with Crippen LogP contribution < -0.4 is 9.80 Å². The summed E-state index contributed by atoms with van der Waals surface area (Å²) in [7, 11) is 0. The van der Waals surface area contributed by atoms with Gasteiger partial charge in [0.05, 0.1) is 17.5 Å². The van der Waals surface area contributed by atoms with Crippen molar-refractivity contribution in [2.45, 2.75) is 31.2 Å². The van der Waals surface area contributed by atoms with Crippen LogP contribution >= 0.6 is 0 Å². The van der Waals surface area contributed by atoms with E-state index >= 15 is 0 Å². The molecule has 54 heavy (non-hydrogen) atoms. The van der Waals surface area contributed by atoms with E-state index in [1.807, 2.05) is 0 Å². The van der Waals surface area contributed by atoms with Gasteiger partial charge < -0.3 is 14.4 Å². The zero-order valence-electron chi connectivity index (χ0n) is 30.4. The summed E-state index contributed by atoms with van der Waals surface area (Å²) in [6, 6.07) is 66.8. The molecular weight excluding hydrogens is 655 g/mol. The lowest BCUT2D eigenvalue weighted by Gasteiger charge is -2.48. The van der Waals surface area contributed by atoms with E-state index in [4.69, 9.17) is 0 Å². The van der Waals surface area contributed by atoms with Gasteiger partial charge in [0.25, 0.3) is 0 Å². The number of benzene rings is 7. The predicted molar refractivity (Wildman–Crippen MR) is 225 cm³/mol. The van der Waals surface area contributed by atoms with Crippen LogP contribution in [-0.2, 0) is 5.41 Å². The molecular formula is C51H39N3. The predicted octanol–water partition coefficient (Wildman–Crippen LogP) is 13.1. The molecule has 0 saturated carbocycles. The van der Waals surface area contributed by atoms with Crippen LogP contribution in [0.4, 0.5) is 28.4 Å². The van der Waals surface area contributed by atoms with E-state index in [1.54, 1.807) is 0 Å². The molecule has 0 fully saturated rings. The molecule has 3 heteroatoms. The Bertz CT molecular complexity index is 2740. The molecule has 3 aliphatic rings. The minimum Gasteiger partial charge on any atom is -0.333 e. The van der Waals surface area contributed by atoms with Gasteiger partial charge in [-0.2, -0.15) is 0 Å². The Hall–Kier alpha value is -6.58. The maximum Gasteiger partial charge on any atom is 0.0688 e. The number of hydrogen-bond acceptors (Lipinski definition) is 2. The standard InChI is InChI=1S/C51H39N3/c1-51(2)43-32-39(52(36-18-8-4-9-19-36)38-28-26-35(27-29-38)34-16-6-3-7-17-34)30-31-47(43)54-46-25-15-13-23-41(46)48-49-42(33-44(51)50(48)54)40-22-12-14-24-45(40)53(49)37-20-10-5-11-21-37/h3-33,48,50H,1-2H3. The van der Waals surface area contributed by atoms with Gasteiger partial charge in [-0.15, -0.1) is 0 Å². The molecule has 2 aliphatic heterocycles. The number of nitrogens with zero attached hydrogens (tertiary/aromatic N) is 3. The lowest BCUT2D eigenvalue weighted by Crippen LogP contribution is -2.46. The summed E-state index contributed by atoms with van der Waals surface area (Å²) in [5.74, 6) is 0.180. The summed E-state index contributed by atoms with van der Waals surface area (Å²) < 4.78 is 2.54. The molecule has 11 rings (SSSR count). The van der Waals surface area contributed by atoms with E-state index in [0.29, 0.717) is 0 Å². The molecule has 1 aromatic heterocycles. The van der Waals surface area contributed by atoms with Crippen LogP contribution in [0.15, 0.2) is 188 Å². The highest BCUT2D eigenvalue weighted by atomic mass is 15.2.